The minimum absolute atomic E-state index is 0.489. The summed E-state index contributed by atoms with van der Waals surface area (Å²) in [5.74, 6) is -0.491. The summed E-state index contributed by atoms with van der Waals surface area (Å²) < 4.78 is 4.36. The maximum Gasteiger partial charge on any atom is 0.330 e. The lowest BCUT2D eigenvalue weighted by molar-refractivity contribution is -0.152. The maximum atomic E-state index is 10.9. The summed E-state index contributed by atoms with van der Waals surface area (Å²) in [5.41, 5.74) is 0. The van der Waals surface area contributed by atoms with Gasteiger partial charge in [0.15, 0.2) is 6.79 Å². The number of carbonyl (C=O) groups is 1. The largest absolute Gasteiger partial charge is 0.437 e. The van der Waals surface area contributed by atoms with Crippen LogP contribution in [0.25, 0.3) is 0 Å². The van der Waals surface area contributed by atoms with Crippen molar-refractivity contribution >= 4 is 23.1 Å². The van der Waals surface area contributed by atoms with E-state index in [9.17, 15) is 4.79 Å². The number of aliphatic hydroxyl groups excluding tert-OH is 1. The summed E-state index contributed by atoms with van der Waals surface area (Å²) in [6.45, 7) is 0.129. The van der Waals surface area contributed by atoms with Gasteiger partial charge in [-0.2, -0.15) is 0 Å². The standard InChI is InChI=1S/C6H9NO3S/c8-3-10-6(9)5-4(11)1-2-7-5/h5,7-8H,1-3H2/t5-/m0/s1. The van der Waals surface area contributed by atoms with Gasteiger partial charge in [0.25, 0.3) is 0 Å². The van der Waals surface area contributed by atoms with E-state index in [0.29, 0.717) is 11.4 Å². The molecule has 0 aromatic carbocycles. The third kappa shape index (κ3) is 1.95. The molecule has 0 bridgehead atoms. The molecule has 0 amide bonds. The van der Waals surface area contributed by atoms with Crippen molar-refractivity contribution in [3.63, 3.8) is 0 Å². The smallest absolute Gasteiger partial charge is 0.330 e. The van der Waals surface area contributed by atoms with Crippen molar-refractivity contribution in [2.45, 2.75) is 12.5 Å². The van der Waals surface area contributed by atoms with Crippen LogP contribution < -0.4 is 5.32 Å². The molecule has 1 atom stereocenters. The van der Waals surface area contributed by atoms with Gasteiger partial charge in [-0.05, 0) is 6.42 Å². The molecule has 0 aliphatic carbocycles. The van der Waals surface area contributed by atoms with E-state index in [1.807, 2.05) is 0 Å². The van der Waals surface area contributed by atoms with Crippen LogP contribution in [0, 0.1) is 0 Å². The SMILES string of the molecule is O=C(OCO)[C@H]1NCCC1=S. The lowest BCUT2D eigenvalue weighted by Crippen LogP contribution is -2.36. The number of hydrogen-bond acceptors (Lipinski definition) is 5. The molecule has 0 aromatic heterocycles. The van der Waals surface area contributed by atoms with E-state index < -0.39 is 18.8 Å². The summed E-state index contributed by atoms with van der Waals surface area (Å²) >= 11 is 4.89. The molecule has 1 aliphatic heterocycles. The summed E-state index contributed by atoms with van der Waals surface area (Å²) in [6.07, 6.45) is 0.723. The molecule has 1 heterocycles. The lowest BCUT2D eigenvalue weighted by atomic mass is 10.2. The molecule has 1 fully saturated rings. The Balaban J connectivity index is 2.46. The van der Waals surface area contributed by atoms with E-state index in [4.69, 9.17) is 17.3 Å². The average molecular weight is 175 g/mol. The molecule has 0 unspecified atom stereocenters. The Morgan fingerprint density at radius 3 is 3.09 bits per heavy atom. The van der Waals surface area contributed by atoms with Gasteiger partial charge in [0.05, 0.1) is 0 Å². The van der Waals surface area contributed by atoms with Gasteiger partial charge in [0, 0.05) is 11.4 Å². The number of rotatable bonds is 2. The summed E-state index contributed by atoms with van der Waals surface area (Å²) in [4.78, 5) is 11.6. The van der Waals surface area contributed by atoms with Crippen LogP contribution in [0.15, 0.2) is 0 Å². The molecule has 2 N–H and O–H groups in total. The molecule has 0 aromatic rings. The fourth-order valence-electron chi connectivity index (χ4n) is 0.960. The third-order valence-electron chi connectivity index (χ3n) is 1.48. The highest BCUT2D eigenvalue weighted by Crippen LogP contribution is 2.04. The molecule has 4 nitrogen and oxygen atoms in total. The Kier molecular flexibility index (Phi) is 2.92. The Bertz CT molecular complexity index is 183. The topological polar surface area (TPSA) is 58.6 Å². The van der Waals surface area contributed by atoms with Crippen molar-refractivity contribution in [1.82, 2.24) is 5.32 Å². The van der Waals surface area contributed by atoms with Crippen molar-refractivity contribution < 1.29 is 14.6 Å². The summed E-state index contributed by atoms with van der Waals surface area (Å²) in [7, 11) is 0. The molecule has 1 aliphatic rings. The lowest BCUT2D eigenvalue weighted by Gasteiger charge is -2.07. The Morgan fingerprint density at radius 2 is 2.64 bits per heavy atom. The summed E-state index contributed by atoms with van der Waals surface area (Å²) in [6, 6.07) is -0.489. The third-order valence-corrected chi connectivity index (χ3v) is 1.92. The monoisotopic (exact) mass is 175 g/mol. The first kappa shape index (κ1) is 8.58. The molecular weight excluding hydrogens is 166 g/mol. The van der Waals surface area contributed by atoms with E-state index in [1.54, 1.807) is 0 Å². The molecule has 0 radical (unpaired) electrons. The van der Waals surface area contributed by atoms with Gasteiger partial charge in [-0.1, -0.05) is 12.2 Å². The molecule has 0 saturated carbocycles. The number of nitrogens with one attached hydrogen (secondary N) is 1. The molecule has 62 valence electrons. The van der Waals surface area contributed by atoms with Crippen LogP contribution in [0.4, 0.5) is 0 Å². The number of esters is 1. The predicted octanol–water partition coefficient (Wildman–Crippen LogP) is -0.789. The van der Waals surface area contributed by atoms with Crippen LogP contribution >= 0.6 is 12.2 Å². The van der Waals surface area contributed by atoms with Crippen LogP contribution in [0.1, 0.15) is 6.42 Å². The molecule has 5 heteroatoms. The maximum absolute atomic E-state index is 10.9. The normalized spacial score (nSPS) is 23.7. The molecule has 0 spiro atoms. The molecule has 1 saturated heterocycles. The van der Waals surface area contributed by atoms with Gasteiger partial charge in [-0.25, -0.2) is 4.79 Å². The number of carbonyl (C=O) groups excluding carboxylic acids is 1. The molecule has 1 rings (SSSR count). The predicted molar refractivity (Wildman–Crippen MR) is 42.2 cm³/mol. The quantitative estimate of drug-likeness (QED) is 0.327. The minimum Gasteiger partial charge on any atom is -0.437 e. The molecular formula is C6H9NO3S. The second-order valence-corrected chi connectivity index (χ2v) is 2.72. The van der Waals surface area contributed by atoms with Gasteiger partial charge >= 0.3 is 5.97 Å². The van der Waals surface area contributed by atoms with Gasteiger partial charge in [0.2, 0.25) is 0 Å². The first-order valence-corrected chi connectivity index (χ1v) is 3.70. The number of ether oxygens (including phenoxy) is 1. The number of thiocarbonyl (C=S) groups is 1. The van der Waals surface area contributed by atoms with Crippen LogP contribution in [0.5, 0.6) is 0 Å². The van der Waals surface area contributed by atoms with Gasteiger partial charge in [0.1, 0.15) is 6.04 Å². The second kappa shape index (κ2) is 3.75. The Hall–Kier alpha value is -0.520. The van der Waals surface area contributed by atoms with Crippen molar-refractivity contribution in [1.29, 1.82) is 0 Å². The van der Waals surface area contributed by atoms with E-state index >= 15 is 0 Å². The van der Waals surface area contributed by atoms with Gasteiger partial charge in [-0.3, -0.25) is 5.32 Å². The van der Waals surface area contributed by atoms with Crippen molar-refractivity contribution in [2.24, 2.45) is 0 Å². The van der Waals surface area contributed by atoms with Gasteiger partial charge in [-0.15, -0.1) is 0 Å². The molecule has 11 heavy (non-hydrogen) atoms. The highest BCUT2D eigenvalue weighted by atomic mass is 32.1. The number of aliphatic hydroxyl groups is 1. The van der Waals surface area contributed by atoms with E-state index in [0.717, 1.165) is 6.42 Å². The second-order valence-electron chi connectivity index (χ2n) is 2.20. The van der Waals surface area contributed by atoms with Crippen LogP contribution in [-0.2, 0) is 9.53 Å². The highest BCUT2D eigenvalue weighted by molar-refractivity contribution is 7.80. The van der Waals surface area contributed by atoms with Crippen LogP contribution in [0.2, 0.25) is 0 Å². The highest BCUT2D eigenvalue weighted by Gasteiger charge is 2.28. The first-order chi connectivity index (χ1) is 5.25. The number of hydrogen-bond donors (Lipinski definition) is 2. The fraction of sp³-hybridized carbons (Fsp3) is 0.667. The van der Waals surface area contributed by atoms with E-state index in [-0.39, 0.29) is 0 Å². The summed E-state index contributed by atoms with van der Waals surface area (Å²) in [5, 5.41) is 11.1. The van der Waals surface area contributed by atoms with Crippen molar-refractivity contribution in [3.05, 3.63) is 0 Å². The first-order valence-electron chi connectivity index (χ1n) is 3.29. The van der Waals surface area contributed by atoms with Crippen molar-refractivity contribution in [2.75, 3.05) is 13.3 Å². The fourth-order valence-corrected chi connectivity index (χ4v) is 1.24. The minimum atomic E-state index is -0.584. The average Bonchev–Trinajstić information content (AvgIpc) is 2.36. The van der Waals surface area contributed by atoms with E-state index in [1.165, 1.54) is 0 Å². The zero-order valence-electron chi connectivity index (χ0n) is 5.87. The Labute approximate surface area is 69.5 Å². The van der Waals surface area contributed by atoms with E-state index in [2.05, 4.69) is 10.1 Å². The zero-order chi connectivity index (χ0) is 8.27. The van der Waals surface area contributed by atoms with Crippen LogP contribution in [0.3, 0.4) is 0 Å². The zero-order valence-corrected chi connectivity index (χ0v) is 6.69. The van der Waals surface area contributed by atoms with Crippen molar-refractivity contribution in [3.8, 4) is 0 Å². The van der Waals surface area contributed by atoms with Gasteiger partial charge < -0.3 is 9.84 Å². The van der Waals surface area contributed by atoms with Crippen LogP contribution in [-0.4, -0.2) is 35.3 Å². The Morgan fingerprint density at radius 1 is 1.91 bits per heavy atom.